The number of hydrogen-bond donors (Lipinski definition) is 1. The highest BCUT2D eigenvalue weighted by molar-refractivity contribution is 5.69. The number of ether oxygens (including phenoxy) is 2. The van der Waals surface area contributed by atoms with Gasteiger partial charge in [0, 0.05) is 18.5 Å². The van der Waals surface area contributed by atoms with Gasteiger partial charge in [-0.2, -0.15) is 0 Å². The molecule has 1 N–H and O–H groups in total. The number of nitrogens with one attached hydrogen (secondary N) is 1. The molecule has 1 aromatic carbocycles. The molecule has 4 atom stereocenters. The van der Waals surface area contributed by atoms with E-state index in [1.807, 2.05) is 19.1 Å². The molecule has 0 saturated heterocycles. The maximum atomic E-state index is 5.69. The summed E-state index contributed by atoms with van der Waals surface area (Å²) in [5.41, 5.74) is 3.51. The third kappa shape index (κ3) is 4.96. The molecule has 0 radical (unpaired) electrons. The lowest BCUT2D eigenvalue weighted by Crippen LogP contribution is -2.43. The Morgan fingerprint density at radius 3 is 2.75 bits per heavy atom. The first-order valence-corrected chi connectivity index (χ1v) is 10.5. The molecule has 0 saturated carbocycles. The minimum absolute atomic E-state index is 0.0950. The molecule has 1 aliphatic heterocycles. The van der Waals surface area contributed by atoms with E-state index in [4.69, 9.17) is 9.47 Å². The predicted octanol–water partition coefficient (Wildman–Crippen LogP) is 5.44. The van der Waals surface area contributed by atoms with E-state index in [-0.39, 0.29) is 12.0 Å². The predicted molar refractivity (Wildman–Crippen MR) is 117 cm³/mol. The lowest BCUT2D eigenvalue weighted by Gasteiger charge is -2.34. The van der Waals surface area contributed by atoms with Gasteiger partial charge in [0.1, 0.15) is 11.9 Å². The largest absolute Gasteiger partial charge is 0.494 e. The second-order valence-electron chi connectivity index (χ2n) is 7.66. The van der Waals surface area contributed by atoms with Crippen LogP contribution in [-0.2, 0) is 4.74 Å². The second-order valence-corrected chi connectivity index (χ2v) is 7.66. The van der Waals surface area contributed by atoms with Gasteiger partial charge in [0.15, 0.2) is 0 Å². The zero-order valence-electron chi connectivity index (χ0n) is 17.4. The van der Waals surface area contributed by atoms with Gasteiger partial charge < -0.3 is 14.8 Å². The quantitative estimate of drug-likeness (QED) is 0.611. The fourth-order valence-corrected chi connectivity index (χ4v) is 4.00. The van der Waals surface area contributed by atoms with Gasteiger partial charge in [-0.15, -0.1) is 0 Å². The zero-order chi connectivity index (χ0) is 19.9. The molecule has 1 aromatic rings. The van der Waals surface area contributed by atoms with E-state index < -0.39 is 0 Å². The Kier molecular flexibility index (Phi) is 7.16. The molecular formula is C25H33NO2. The maximum Gasteiger partial charge on any atom is 0.129 e. The first-order valence-electron chi connectivity index (χ1n) is 10.5. The van der Waals surface area contributed by atoms with Crippen molar-refractivity contribution in [3.05, 3.63) is 72.5 Å². The molecule has 0 spiro atoms. The lowest BCUT2D eigenvalue weighted by molar-refractivity contribution is 0.171. The summed E-state index contributed by atoms with van der Waals surface area (Å²) in [6.07, 6.45) is 14.9. The highest BCUT2D eigenvalue weighted by atomic mass is 16.5. The fraction of sp³-hybridized carbons (Fsp3) is 0.440. The molecule has 3 rings (SSSR count). The zero-order valence-corrected chi connectivity index (χ0v) is 17.4. The van der Waals surface area contributed by atoms with Crippen LogP contribution in [0.2, 0.25) is 0 Å². The minimum atomic E-state index is 0.0950. The summed E-state index contributed by atoms with van der Waals surface area (Å²) in [5.74, 6) is 1.85. The van der Waals surface area contributed by atoms with Gasteiger partial charge in [-0.25, -0.2) is 0 Å². The molecule has 28 heavy (non-hydrogen) atoms. The summed E-state index contributed by atoms with van der Waals surface area (Å²) in [6, 6.07) is 6.75. The Labute approximate surface area is 169 Å². The summed E-state index contributed by atoms with van der Waals surface area (Å²) < 4.78 is 11.4. The van der Waals surface area contributed by atoms with E-state index in [1.165, 1.54) is 12.0 Å². The van der Waals surface area contributed by atoms with Gasteiger partial charge in [0.05, 0.1) is 12.9 Å². The summed E-state index contributed by atoms with van der Waals surface area (Å²) in [7, 11) is 0. The molecule has 2 aliphatic rings. The van der Waals surface area contributed by atoms with E-state index in [0.717, 1.165) is 29.9 Å². The van der Waals surface area contributed by atoms with Crippen LogP contribution in [0.1, 0.15) is 37.8 Å². The number of aryl methyl sites for hydroxylation is 1. The molecule has 3 heteroatoms. The molecule has 1 aliphatic carbocycles. The van der Waals surface area contributed by atoms with Crippen molar-refractivity contribution in [3.63, 3.8) is 0 Å². The summed E-state index contributed by atoms with van der Waals surface area (Å²) in [5, 5.41) is 3.76. The average molecular weight is 380 g/mol. The van der Waals surface area contributed by atoms with Crippen LogP contribution in [-0.4, -0.2) is 25.3 Å². The van der Waals surface area contributed by atoms with Gasteiger partial charge in [0.25, 0.3) is 0 Å². The fourth-order valence-electron chi connectivity index (χ4n) is 4.00. The van der Waals surface area contributed by atoms with Gasteiger partial charge in [-0.3, -0.25) is 0 Å². The molecule has 0 amide bonds. The normalized spacial score (nSPS) is 26.1. The molecular weight excluding hydrogens is 346 g/mol. The van der Waals surface area contributed by atoms with Crippen LogP contribution < -0.4 is 10.1 Å². The third-order valence-corrected chi connectivity index (χ3v) is 5.70. The van der Waals surface area contributed by atoms with Crippen molar-refractivity contribution in [1.82, 2.24) is 5.32 Å². The molecule has 4 unspecified atom stereocenters. The summed E-state index contributed by atoms with van der Waals surface area (Å²) in [4.78, 5) is 0. The lowest BCUT2D eigenvalue weighted by atomic mass is 9.77. The molecule has 1 heterocycles. The number of hydrogen-bond acceptors (Lipinski definition) is 3. The molecule has 0 aromatic heterocycles. The van der Waals surface area contributed by atoms with Gasteiger partial charge in [-0.1, -0.05) is 37.8 Å². The third-order valence-electron chi connectivity index (χ3n) is 5.70. The van der Waals surface area contributed by atoms with Crippen LogP contribution in [0.4, 0.5) is 0 Å². The van der Waals surface area contributed by atoms with Crippen LogP contribution in [0.25, 0.3) is 5.57 Å². The van der Waals surface area contributed by atoms with E-state index in [9.17, 15) is 0 Å². The number of allylic oxidation sites excluding steroid dienone is 3. The van der Waals surface area contributed by atoms with Gasteiger partial charge in [0.2, 0.25) is 0 Å². The van der Waals surface area contributed by atoms with Crippen molar-refractivity contribution in [2.45, 2.75) is 45.8 Å². The maximum absolute atomic E-state index is 5.69. The number of benzene rings is 1. The van der Waals surface area contributed by atoms with Crippen molar-refractivity contribution in [2.75, 3.05) is 13.2 Å². The first-order chi connectivity index (χ1) is 13.6. The van der Waals surface area contributed by atoms with Crippen LogP contribution in [0.15, 0.2) is 61.4 Å². The SMILES string of the molecule is C=C(c1ccc(OCC)c(C)c1)C1C=CC(CC)CC1NCC1C=CC=CO1. The van der Waals surface area contributed by atoms with E-state index in [1.54, 1.807) is 6.26 Å². The molecule has 0 fully saturated rings. The van der Waals surface area contributed by atoms with Crippen molar-refractivity contribution in [1.29, 1.82) is 0 Å². The highest BCUT2D eigenvalue weighted by Gasteiger charge is 2.28. The first kappa shape index (κ1) is 20.5. The topological polar surface area (TPSA) is 30.5 Å². The Bertz CT molecular complexity index is 762. The van der Waals surface area contributed by atoms with E-state index in [2.05, 4.69) is 62.2 Å². The summed E-state index contributed by atoms with van der Waals surface area (Å²) >= 11 is 0. The minimum Gasteiger partial charge on any atom is -0.494 e. The Morgan fingerprint density at radius 1 is 1.21 bits per heavy atom. The standard InChI is InChI=1S/C25H33NO2/c1-5-20-10-12-23(24(16-20)26-17-22-9-7-8-14-28-22)19(4)21-11-13-25(27-6-2)18(3)15-21/h7-15,20,22-24,26H,4-6,16-17H2,1-3H3. The van der Waals surface area contributed by atoms with Crippen molar-refractivity contribution >= 4 is 5.57 Å². The molecule has 150 valence electrons. The Balaban J connectivity index is 1.74. The van der Waals surface area contributed by atoms with E-state index >= 15 is 0 Å². The molecule has 3 nitrogen and oxygen atoms in total. The van der Waals surface area contributed by atoms with Crippen LogP contribution in [0.5, 0.6) is 5.75 Å². The average Bonchev–Trinajstić information content (AvgIpc) is 2.74. The monoisotopic (exact) mass is 379 g/mol. The highest BCUT2D eigenvalue weighted by Crippen LogP contribution is 2.35. The van der Waals surface area contributed by atoms with Crippen molar-refractivity contribution in [2.24, 2.45) is 11.8 Å². The number of rotatable bonds is 8. The van der Waals surface area contributed by atoms with Crippen LogP contribution in [0.3, 0.4) is 0 Å². The van der Waals surface area contributed by atoms with Gasteiger partial charge in [-0.05, 0) is 73.6 Å². The van der Waals surface area contributed by atoms with Crippen molar-refractivity contribution < 1.29 is 9.47 Å². The van der Waals surface area contributed by atoms with Crippen LogP contribution >= 0.6 is 0 Å². The Hall–Kier alpha value is -2.26. The summed E-state index contributed by atoms with van der Waals surface area (Å²) in [6.45, 7) is 12.3. The van der Waals surface area contributed by atoms with Crippen molar-refractivity contribution in [3.8, 4) is 5.75 Å². The second kappa shape index (κ2) is 9.79. The van der Waals surface area contributed by atoms with E-state index in [0.29, 0.717) is 18.6 Å². The van der Waals surface area contributed by atoms with Gasteiger partial charge >= 0.3 is 0 Å². The van der Waals surface area contributed by atoms with Crippen LogP contribution in [0, 0.1) is 18.8 Å². The smallest absolute Gasteiger partial charge is 0.129 e. The Morgan fingerprint density at radius 2 is 2.07 bits per heavy atom. The molecule has 0 bridgehead atoms.